The lowest BCUT2D eigenvalue weighted by Gasteiger charge is -2.10. The monoisotopic (exact) mass is 318 g/mol. The van der Waals surface area contributed by atoms with Gasteiger partial charge in [0.15, 0.2) is 0 Å². The van der Waals surface area contributed by atoms with Crippen molar-refractivity contribution in [2.75, 3.05) is 0 Å². The van der Waals surface area contributed by atoms with Crippen LogP contribution in [0.25, 0.3) is 11.1 Å². The molecule has 2 rings (SSSR count). The van der Waals surface area contributed by atoms with E-state index in [0.29, 0.717) is 5.75 Å². The van der Waals surface area contributed by atoms with Crippen LogP contribution >= 0.6 is 15.9 Å². The molecule has 2 aromatic carbocycles. The van der Waals surface area contributed by atoms with Gasteiger partial charge in [-0.2, -0.15) is 0 Å². The van der Waals surface area contributed by atoms with E-state index in [2.05, 4.69) is 15.9 Å². The van der Waals surface area contributed by atoms with Crippen LogP contribution in [0.15, 0.2) is 53.0 Å². The van der Waals surface area contributed by atoms with Gasteiger partial charge in [-0.05, 0) is 39.2 Å². The molecule has 0 amide bonds. The molecule has 0 aliphatic carbocycles. The van der Waals surface area contributed by atoms with Crippen molar-refractivity contribution < 1.29 is 9.53 Å². The number of halogens is 1. The number of esters is 1. The Morgan fingerprint density at radius 3 is 2.32 bits per heavy atom. The number of hydrogen-bond acceptors (Lipinski definition) is 2. The molecule has 0 bridgehead atoms. The predicted octanol–water partition coefficient (Wildman–Crippen LogP) is 4.68. The fourth-order valence-electron chi connectivity index (χ4n) is 1.62. The highest BCUT2D eigenvalue weighted by Crippen LogP contribution is 2.31. The van der Waals surface area contributed by atoms with E-state index in [1.54, 1.807) is 0 Å². The molecule has 0 radical (unpaired) electrons. The number of hydrogen-bond donors (Lipinski definition) is 0. The van der Waals surface area contributed by atoms with E-state index in [9.17, 15) is 4.79 Å². The maximum Gasteiger partial charge on any atom is 0.313 e. The van der Waals surface area contributed by atoms with Gasteiger partial charge < -0.3 is 4.74 Å². The van der Waals surface area contributed by atoms with Crippen molar-refractivity contribution in [2.24, 2.45) is 5.92 Å². The van der Waals surface area contributed by atoms with Crippen LogP contribution in [0.4, 0.5) is 0 Å². The minimum atomic E-state index is -0.229. The molecule has 0 fully saturated rings. The topological polar surface area (TPSA) is 26.3 Å². The average Bonchev–Trinajstić information content (AvgIpc) is 2.41. The van der Waals surface area contributed by atoms with E-state index in [1.165, 1.54) is 0 Å². The molecule has 0 aliphatic heterocycles. The Balaban J connectivity index is 2.25. The minimum absolute atomic E-state index is 0.138. The zero-order valence-electron chi connectivity index (χ0n) is 10.9. The fraction of sp³-hybridized carbons (Fsp3) is 0.188. The van der Waals surface area contributed by atoms with Crippen molar-refractivity contribution in [2.45, 2.75) is 13.8 Å². The van der Waals surface area contributed by atoms with Gasteiger partial charge in [0.05, 0.1) is 10.4 Å². The van der Waals surface area contributed by atoms with Crippen LogP contribution in [-0.2, 0) is 4.79 Å². The first-order valence-corrected chi connectivity index (χ1v) is 6.94. The Labute approximate surface area is 121 Å². The molecular weight excluding hydrogens is 304 g/mol. The molecule has 0 aromatic heterocycles. The Bertz CT molecular complexity index is 577. The van der Waals surface area contributed by atoms with E-state index in [0.717, 1.165) is 15.6 Å². The van der Waals surface area contributed by atoms with Crippen molar-refractivity contribution >= 4 is 21.9 Å². The Kier molecular flexibility index (Phi) is 4.38. The quantitative estimate of drug-likeness (QED) is 0.607. The summed E-state index contributed by atoms with van der Waals surface area (Å²) in [5.74, 6) is 0.187. The standard InChI is InChI=1S/C16H15BrO2/c1-11(2)16(18)19-15-9-8-13(10-14(15)17)12-6-4-3-5-7-12/h3-11H,1-2H3. The highest BCUT2D eigenvalue weighted by molar-refractivity contribution is 9.10. The first-order chi connectivity index (χ1) is 9.08. The summed E-state index contributed by atoms with van der Waals surface area (Å²) in [5.41, 5.74) is 2.21. The van der Waals surface area contributed by atoms with E-state index >= 15 is 0 Å². The van der Waals surface area contributed by atoms with Crippen LogP contribution in [0.2, 0.25) is 0 Å². The SMILES string of the molecule is CC(C)C(=O)Oc1ccc(-c2ccccc2)cc1Br. The van der Waals surface area contributed by atoms with Crippen molar-refractivity contribution in [3.63, 3.8) is 0 Å². The summed E-state index contributed by atoms with van der Waals surface area (Å²) in [6.07, 6.45) is 0. The van der Waals surface area contributed by atoms with E-state index in [1.807, 2.05) is 62.4 Å². The second-order valence-corrected chi connectivity index (χ2v) is 5.44. The molecular formula is C16H15BrO2. The molecule has 0 aliphatic rings. The van der Waals surface area contributed by atoms with Crippen molar-refractivity contribution in [1.82, 2.24) is 0 Å². The highest BCUT2D eigenvalue weighted by Gasteiger charge is 2.12. The Morgan fingerprint density at radius 1 is 1.05 bits per heavy atom. The molecule has 0 saturated carbocycles. The van der Waals surface area contributed by atoms with Gasteiger partial charge in [0.25, 0.3) is 0 Å². The highest BCUT2D eigenvalue weighted by atomic mass is 79.9. The van der Waals surface area contributed by atoms with Gasteiger partial charge in [-0.3, -0.25) is 4.79 Å². The summed E-state index contributed by atoms with van der Waals surface area (Å²) >= 11 is 3.44. The van der Waals surface area contributed by atoms with Gasteiger partial charge in [0, 0.05) is 0 Å². The molecule has 0 spiro atoms. The van der Waals surface area contributed by atoms with E-state index < -0.39 is 0 Å². The molecule has 0 unspecified atom stereocenters. The summed E-state index contributed by atoms with van der Waals surface area (Å²) < 4.78 is 6.09. The van der Waals surface area contributed by atoms with Gasteiger partial charge in [-0.1, -0.05) is 50.2 Å². The lowest BCUT2D eigenvalue weighted by Crippen LogP contribution is -2.14. The predicted molar refractivity (Wildman–Crippen MR) is 80.1 cm³/mol. The first kappa shape index (κ1) is 13.8. The summed E-state index contributed by atoms with van der Waals surface area (Å²) in [6, 6.07) is 15.8. The third kappa shape index (κ3) is 3.44. The molecule has 0 atom stereocenters. The van der Waals surface area contributed by atoms with Gasteiger partial charge >= 0.3 is 5.97 Å². The lowest BCUT2D eigenvalue weighted by molar-refractivity contribution is -0.137. The first-order valence-electron chi connectivity index (χ1n) is 6.14. The minimum Gasteiger partial charge on any atom is -0.425 e. The third-order valence-corrected chi connectivity index (χ3v) is 3.34. The molecule has 2 nitrogen and oxygen atoms in total. The second-order valence-electron chi connectivity index (χ2n) is 4.59. The maximum absolute atomic E-state index is 11.6. The van der Waals surface area contributed by atoms with Crippen LogP contribution in [0.5, 0.6) is 5.75 Å². The molecule has 0 heterocycles. The zero-order chi connectivity index (χ0) is 13.8. The van der Waals surface area contributed by atoms with E-state index in [-0.39, 0.29) is 11.9 Å². The van der Waals surface area contributed by atoms with Gasteiger partial charge in [-0.25, -0.2) is 0 Å². The van der Waals surface area contributed by atoms with Crippen LogP contribution < -0.4 is 4.74 Å². The molecule has 0 saturated heterocycles. The molecule has 98 valence electrons. The summed E-state index contributed by atoms with van der Waals surface area (Å²) in [5, 5.41) is 0. The lowest BCUT2D eigenvalue weighted by atomic mass is 10.1. The van der Waals surface area contributed by atoms with Gasteiger partial charge in [-0.15, -0.1) is 0 Å². The van der Waals surface area contributed by atoms with Crippen LogP contribution in [0, 0.1) is 5.92 Å². The number of ether oxygens (including phenoxy) is 1. The summed E-state index contributed by atoms with van der Waals surface area (Å²) in [4.78, 5) is 11.6. The normalized spacial score (nSPS) is 10.5. The van der Waals surface area contributed by atoms with Crippen LogP contribution in [0.3, 0.4) is 0 Å². The zero-order valence-corrected chi connectivity index (χ0v) is 12.5. The Morgan fingerprint density at radius 2 is 1.74 bits per heavy atom. The molecule has 0 N–H and O–H groups in total. The Hall–Kier alpha value is -1.61. The number of carbonyl (C=O) groups excluding carboxylic acids is 1. The summed E-state index contributed by atoms with van der Waals surface area (Å²) in [7, 11) is 0. The van der Waals surface area contributed by atoms with E-state index in [4.69, 9.17) is 4.74 Å². The fourth-order valence-corrected chi connectivity index (χ4v) is 2.08. The number of benzene rings is 2. The van der Waals surface area contributed by atoms with Crippen LogP contribution in [-0.4, -0.2) is 5.97 Å². The van der Waals surface area contributed by atoms with Gasteiger partial charge in [0.1, 0.15) is 5.75 Å². The van der Waals surface area contributed by atoms with Crippen molar-refractivity contribution in [3.05, 3.63) is 53.0 Å². The average molecular weight is 319 g/mol. The third-order valence-electron chi connectivity index (χ3n) is 2.72. The summed E-state index contributed by atoms with van der Waals surface area (Å²) in [6.45, 7) is 3.63. The molecule has 3 heteroatoms. The largest absolute Gasteiger partial charge is 0.425 e. The van der Waals surface area contributed by atoms with Gasteiger partial charge in [0.2, 0.25) is 0 Å². The molecule has 19 heavy (non-hydrogen) atoms. The maximum atomic E-state index is 11.6. The van der Waals surface area contributed by atoms with Crippen molar-refractivity contribution in [3.8, 4) is 16.9 Å². The number of carbonyl (C=O) groups is 1. The number of rotatable bonds is 3. The second kappa shape index (κ2) is 6.02. The molecule has 2 aromatic rings. The van der Waals surface area contributed by atoms with Crippen molar-refractivity contribution in [1.29, 1.82) is 0 Å². The smallest absolute Gasteiger partial charge is 0.313 e. The van der Waals surface area contributed by atoms with Crippen LogP contribution in [0.1, 0.15) is 13.8 Å².